The van der Waals surface area contributed by atoms with Crippen LogP contribution in [0, 0.1) is 0 Å². The fraction of sp³-hybridized carbons (Fsp3) is 0.231. The van der Waals surface area contributed by atoms with Crippen LogP contribution >= 0.6 is 15.9 Å². The summed E-state index contributed by atoms with van der Waals surface area (Å²) in [5.41, 5.74) is 1.26. The van der Waals surface area contributed by atoms with Crippen LogP contribution in [-0.4, -0.2) is 27.5 Å². The van der Waals surface area contributed by atoms with Crippen molar-refractivity contribution in [2.45, 2.75) is 6.42 Å². The molecule has 0 aliphatic heterocycles. The van der Waals surface area contributed by atoms with Crippen molar-refractivity contribution in [1.29, 1.82) is 0 Å². The first-order valence-electron chi connectivity index (χ1n) is 5.70. The minimum Gasteiger partial charge on any atom is -0.493 e. The van der Waals surface area contributed by atoms with Gasteiger partial charge in [0, 0.05) is 29.8 Å². The highest BCUT2D eigenvalue weighted by Crippen LogP contribution is 2.22. The second kappa shape index (κ2) is 5.88. The minimum atomic E-state index is -0.982. The minimum absolute atomic E-state index is 0.193. The Labute approximate surface area is 118 Å². The number of aromatic nitrogens is 2. The SMILES string of the molecule is Cn1nccc1CCOc1ccc(Br)c(C(=O)O)c1. The van der Waals surface area contributed by atoms with Crippen LogP contribution in [0.1, 0.15) is 16.1 Å². The lowest BCUT2D eigenvalue weighted by Gasteiger charge is -2.08. The predicted octanol–water partition coefficient (Wildman–Crippen LogP) is 2.50. The monoisotopic (exact) mass is 324 g/mol. The van der Waals surface area contributed by atoms with Crippen molar-refractivity contribution >= 4 is 21.9 Å². The van der Waals surface area contributed by atoms with Crippen molar-refractivity contribution in [2.75, 3.05) is 6.61 Å². The number of carboxylic acid groups (broad SMARTS) is 1. The van der Waals surface area contributed by atoms with Crippen LogP contribution in [0.3, 0.4) is 0 Å². The molecule has 0 radical (unpaired) electrons. The number of benzene rings is 1. The molecule has 0 amide bonds. The zero-order valence-electron chi connectivity index (χ0n) is 10.3. The molecule has 100 valence electrons. The molecule has 0 saturated carbocycles. The van der Waals surface area contributed by atoms with Gasteiger partial charge in [0.1, 0.15) is 5.75 Å². The van der Waals surface area contributed by atoms with E-state index in [1.807, 2.05) is 13.1 Å². The largest absolute Gasteiger partial charge is 0.493 e. The first-order chi connectivity index (χ1) is 9.08. The summed E-state index contributed by atoms with van der Waals surface area (Å²) < 4.78 is 7.88. The van der Waals surface area contributed by atoms with E-state index in [4.69, 9.17) is 9.84 Å². The van der Waals surface area contributed by atoms with Gasteiger partial charge in [-0.25, -0.2) is 4.79 Å². The molecule has 19 heavy (non-hydrogen) atoms. The van der Waals surface area contributed by atoms with Crippen molar-refractivity contribution in [3.05, 3.63) is 46.2 Å². The lowest BCUT2D eigenvalue weighted by Crippen LogP contribution is -2.06. The number of hydrogen-bond donors (Lipinski definition) is 1. The van der Waals surface area contributed by atoms with E-state index in [1.165, 1.54) is 6.07 Å². The lowest BCUT2D eigenvalue weighted by molar-refractivity contribution is 0.0695. The fourth-order valence-electron chi connectivity index (χ4n) is 1.68. The lowest BCUT2D eigenvalue weighted by atomic mass is 10.2. The molecular weight excluding hydrogens is 312 g/mol. The van der Waals surface area contributed by atoms with E-state index in [0.717, 1.165) is 12.1 Å². The average Bonchev–Trinajstić information content (AvgIpc) is 2.77. The van der Waals surface area contributed by atoms with Gasteiger partial charge in [-0.1, -0.05) is 0 Å². The van der Waals surface area contributed by atoms with E-state index >= 15 is 0 Å². The van der Waals surface area contributed by atoms with Gasteiger partial charge < -0.3 is 9.84 Å². The van der Waals surface area contributed by atoms with Gasteiger partial charge in [0.15, 0.2) is 0 Å². The van der Waals surface area contributed by atoms with Crippen LogP contribution in [0.5, 0.6) is 5.75 Å². The van der Waals surface area contributed by atoms with E-state index in [0.29, 0.717) is 16.8 Å². The van der Waals surface area contributed by atoms with Crippen LogP contribution < -0.4 is 4.74 Å². The molecule has 1 aromatic carbocycles. The van der Waals surface area contributed by atoms with Gasteiger partial charge in [0.05, 0.1) is 12.2 Å². The Bertz CT molecular complexity index is 595. The standard InChI is InChI=1S/C13H13BrN2O3/c1-16-9(4-6-15-16)5-7-19-10-2-3-12(14)11(8-10)13(17)18/h2-4,6,8H,5,7H2,1H3,(H,17,18). The Morgan fingerprint density at radius 2 is 2.26 bits per heavy atom. The molecule has 0 aliphatic carbocycles. The number of carboxylic acids is 1. The first kappa shape index (κ1) is 13.6. The van der Waals surface area contributed by atoms with Crippen LogP contribution in [0.4, 0.5) is 0 Å². The van der Waals surface area contributed by atoms with Gasteiger partial charge in [-0.2, -0.15) is 5.10 Å². The number of ether oxygens (including phenoxy) is 1. The van der Waals surface area contributed by atoms with Crippen LogP contribution in [0.2, 0.25) is 0 Å². The maximum absolute atomic E-state index is 11.0. The molecule has 0 aliphatic rings. The molecule has 0 unspecified atom stereocenters. The number of hydrogen-bond acceptors (Lipinski definition) is 3. The summed E-state index contributed by atoms with van der Waals surface area (Å²) in [4.78, 5) is 11.0. The predicted molar refractivity (Wildman–Crippen MR) is 73.5 cm³/mol. The van der Waals surface area contributed by atoms with Crippen molar-refractivity contribution in [3.63, 3.8) is 0 Å². The molecule has 1 heterocycles. The molecule has 0 atom stereocenters. The Kier molecular flexibility index (Phi) is 4.21. The highest BCUT2D eigenvalue weighted by Gasteiger charge is 2.09. The van der Waals surface area contributed by atoms with Crippen molar-refractivity contribution in [3.8, 4) is 5.75 Å². The van der Waals surface area contributed by atoms with E-state index in [1.54, 1.807) is 23.0 Å². The Balaban J connectivity index is 1.98. The van der Waals surface area contributed by atoms with Gasteiger partial charge >= 0.3 is 5.97 Å². The maximum Gasteiger partial charge on any atom is 0.336 e. The van der Waals surface area contributed by atoms with Gasteiger partial charge in [0.25, 0.3) is 0 Å². The number of nitrogens with zero attached hydrogens (tertiary/aromatic N) is 2. The molecule has 0 bridgehead atoms. The molecule has 5 nitrogen and oxygen atoms in total. The third-order valence-electron chi connectivity index (χ3n) is 2.72. The Morgan fingerprint density at radius 3 is 2.89 bits per heavy atom. The first-order valence-corrected chi connectivity index (χ1v) is 6.50. The van der Waals surface area contributed by atoms with Gasteiger partial charge in [-0.15, -0.1) is 0 Å². The van der Waals surface area contributed by atoms with Crippen LogP contribution in [0.25, 0.3) is 0 Å². The average molecular weight is 325 g/mol. The fourth-order valence-corrected chi connectivity index (χ4v) is 2.09. The third-order valence-corrected chi connectivity index (χ3v) is 3.41. The molecule has 0 fully saturated rings. The topological polar surface area (TPSA) is 64.4 Å². The Hall–Kier alpha value is -1.82. The summed E-state index contributed by atoms with van der Waals surface area (Å²) in [6, 6.07) is 6.84. The molecule has 2 rings (SSSR count). The molecule has 2 aromatic rings. The molecule has 6 heteroatoms. The quantitative estimate of drug-likeness (QED) is 0.917. The molecule has 1 N–H and O–H groups in total. The number of aryl methyl sites for hydroxylation is 1. The second-order valence-corrected chi connectivity index (χ2v) is 4.85. The van der Waals surface area contributed by atoms with Crippen LogP contribution in [-0.2, 0) is 13.5 Å². The summed E-state index contributed by atoms with van der Waals surface area (Å²) in [5, 5.41) is 13.1. The smallest absolute Gasteiger partial charge is 0.336 e. The summed E-state index contributed by atoms with van der Waals surface area (Å²) in [7, 11) is 1.87. The zero-order chi connectivity index (χ0) is 13.8. The summed E-state index contributed by atoms with van der Waals surface area (Å²) in [5.74, 6) is -0.438. The number of halogens is 1. The van der Waals surface area contributed by atoms with E-state index < -0.39 is 5.97 Å². The van der Waals surface area contributed by atoms with Crippen molar-refractivity contribution < 1.29 is 14.6 Å². The summed E-state index contributed by atoms with van der Waals surface area (Å²) in [6.07, 6.45) is 2.45. The zero-order valence-corrected chi connectivity index (χ0v) is 11.9. The molecular formula is C13H13BrN2O3. The number of carbonyl (C=O) groups is 1. The number of rotatable bonds is 5. The second-order valence-electron chi connectivity index (χ2n) is 3.99. The number of aromatic carboxylic acids is 1. The summed E-state index contributed by atoms with van der Waals surface area (Å²) >= 11 is 3.19. The van der Waals surface area contributed by atoms with Gasteiger partial charge in [-0.3, -0.25) is 4.68 Å². The third kappa shape index (κ3) is 3.35. The van der Waals surface area contributed by atoms with Crippen molar-refractivity contribution in [2.24, 2.45) is 7.05 Å². The highest BCUT2D eigenvalue weighted by molar-refractivity contribution is 9.10. The van der Waals surface area contributed by atoms with E-state index in [9.17, 15) is 4.79 Å². The summed E-state index contributed by atoms with van der Waals surface area (Å²) in [6.45, 7) is 0.472. The van der Waals surface area contributed by atoms with Crippen LogP contribution in [0.15, 0.2) is 34.9 Å². The molecule has 0 saturated heterocycles. The molecule has 1 aromatic heterocycles. The normalized spacial score (nSPS) is 10.4. The van der Waals surface area contributed by atoms with Crippen molar-refractivity contribution in [1.82, 2.24) is 9.78 Å². The molecule has 0 spiro atoms. The highest BCUT2D eigenvalue weighted by atomic mass is 79.9. The van der Waals surface area contributed by atoms with E-state index in [-0.39, 0.29) is 5.56 Å². The van der Waals surface area contributed by atoms with Gasteiger partial charge in [0.2, 0.25) is 0 Å². The van der Waals surface area contributed by atoms with Gasteiger partial charge in [-0.05, 0) is 40.2 Å². The maximum atomic E-state index is 11.0. The Morgan fingerprint density at radius 1 is 1.47 bits per heavy atom. The van der Waals surface area contributed by atoms with E-state index in [2.05, 4.69) is 21.0 Å².